The number of aromatic nitrogens is 1. The Labute approximate surface area is 80.3 Å². The van der Waals surface area contributed by atoms with Gasteiger partial charge in [0.15, 0.2) is 17.8 Å². The fourth-order valence-electron chi connectivity index (χ4n) is 1.50. The highest BCUT2D eigenvalue weighted by Gasteiger charge is 2.25. The molecule has 1 aromatic rings. The van der Waals surface area contributed by atoms with Gasteiger partial charge in [0.25, 0.3) is 0 Å². The van der Waals surface area contributed by atoms with Gasteiger partial charge >= 0.3 is 5.97 Å². The van der Waals surface area contributed by atoms with Gasteiger partial charge < -0.3 is 20.2 Å². The van der Waals surface area contributed by atoms with Crippen LogP contribution in [0.2, 0.25) is 0 Å². The number of piperazine rings is 1. The van der Waals surface area contributed by atoms with E-state index in [9.17, 15) is 4.79 Å². The first-order chi connectivity index (χ1) is 6.79. The van der Waals surface area contributed by atoms with Crippen molar-refractivity contribution in [2.75, 3.05) is 19.6 Å². The fourth-order valence-corrected chi connectivity index (χ4v) is 1.50. The molecule has 1 aliphatic heterocycles. The van der Waals surface area contributed by atoms with Crippen LogP contribution in [0.25, 0.3) is 0 Å². The van der Waals surface area contributed by atoms with Gasteiger partial charge in [0.05, 0.1) is 6.04 Å². The van der Waals surface area contributed by atoms with Crippen LogP contribution in [0.3, 0.4) is 0 Å². The van der Waals surface area contributed by atoms with E-state index in [1.165, 1.54) is 0 Å². The first-order valence-electron chi connectivity index (χ1n) is 4.40. The summed E-state index contributed by atoms with van der Waals surface area (Å²) in [5.74, 6) is -0.661. The molecule has 76 valence electrons. The van der Waals surface area contributed by atoms with Crippen molar-refractivity contribution in [1.82, 2.24) is 15.6 Å². The number of hydrogen-bond acceptors (Lipinski definition) is 5. The maximum absolute atomic E-state index is 10.8. The van der Waals surface area contributed by atoms with Crippen molar-refractivity contribution in [3.63, 3.8) is 0 Å². The van der Waals surface area contributed by atoms with Crippen molar-refractivity contribution in [1.29, 1.82) is 0 Å². The summed E-state index contributed by atoms with van der Waals surface area (Å²) in [6, 6.07) is -0.0997. The van der Waals surface area contributed by atoms with Crippen LogP contribution in [-0.4, -0.2) is 35.7 Å². The number of aromatic carboxylic acids is 1. The summed E-state index contributed by atoms with van der Waals surface area (Å²) in [5.41, 5.74) is -0.00815. The molecule has 0 bridgehead atoms. The molecule has 3 N–H and O–H groups in total. The van der Waals surface area contributed by atoms with Crippen molar-refractivity contribution in [2.24, 2.45) is 0 Å². The molecule has 2 rings (SSSR count). The Morgan fingerprint density at radius 3 is 3.14 bits per heavy atom. The highest BCUT2D eigenvalue weighted by atomic mass is 16.4. The molecule has 2 heterocycles. The lowest BCUT2D eigenvalue weighted by atomic mass is 10.1. The first kappa shape index (κ1) is 9.17. The summed E-state index contributed by atoms with van der Waals surface area (Å²) >= 11 is 0. The second kappa shape index (κ2) is 3.77. The van der Waals surface area contributed by atoms with Crippen LogP contribution in [0.1, 0.15) is 22.3 Å². The summed E-state index contributed by atoms with van der Waals surface area (Å²) in [6.07, 6.45) is 1.16. The third-order valence-electron chi connectivity index (χ3n) is 2.15. The van der Waals surface area contributed by atoms with Gasteiger partial charge in [-0.25, -0.2) is 9.78 Å². The van der Waals surface area contributed by atoms with Gasteiger partial charge in [-0.15, -0.1) is 0 Å². The van der Waals surface area contributed by atoms with Crippen molar-refractivity contribution >= 4 is 5.97 Å². The van der Waals surface area contributed by atoms with Crippen LogP contribution in [-0.2, 0) is 0 Å². The second-order valence-corrected chi connectivity index (χ2v) is 3.08. The standard InChI is InChI=1S/C8H11N3O3/c12-8(13)6-7(14-4-11-6)5-3-9-1-2-10-5/h4-5,9-10H,1-3H2,(H,12,13)/t5-/m1/s1. The van der Waals surface area contributed by atoms with E-state index in [2.05, 4.69) is 15.6 Å². The number of nitrogens with zero attached hydrogens (tertiary/aromatic N) is 1. The number of nitrogens with one attached hydrogen (secondary N) is 2. The van der Waals surface area contributed by atoms with E-state index in [4.69, 9.17) is 9.52 Å². The average molecular weight is 197 g/mol. The van der Waals surface area contributed by atoms with Gasteiger partial charge in [-0.1, -0.05) is 0 Å². The van der Waals surface area contributed by atoms with Gasteiger partial charge in [0.1, 0.15) is 0 Å². The second-order valence-electron chi connectivity index (χ2n) is 3.08. The van der Waals surface area contributed by atoms with Crippen LogP contribution in [0.4, 0.5) is 0 Å². The predicted octanol–water partition coefficient (Wildman–Crippen LogP) is -0.393. The van der Waals surface area contributed by atoms with Gasteiger partial charge in [0.2, 0.25) is 0 Å². The van der Waals surface area contributed by atoms with Crippen molar-refractivity contribution < 1.29 is 14.3 Å². The zero-order chi connectivity index (χ0) is 9.97. The first-order valence-corrected chi connectivity index (χ1v) is 4.40. The van der Waals surface area contributed by atoms with Crippen LogP contribution in [0, 0.1) is 0 Å². The predicted molar refractivity (Wildman–Crippen MR) is 47.1 cm³/mol. The summed E-state index contributed by atoms with van der Waals surface area (Å²) in [4.78, 5) is 14.4. The van der Waals surface area contributed by atoms with Gasteiger partial charge in [0, 0.05) is 19.6 Å². The lowest BCUT2D eigenvalue weighted by molar-refractivity contribution is 0.0687. The van der Waals surface area contributed by atoms with E-state index in [0.717, 1.165) is 19.5 Å². The molecule has 0 aromatic carbocycles. The molecule has 6 heteroatoms. The van der Waals surface area contributed by atoms with Gasteiger partial charge in [-0.3, -0.25) is 0 Å². The summed E-state index contributed by atoms with van der Waals surface area (Å²) in [6.45, 7) is 2.34. The summed E-state index contributed by atoms with van der Waals surface area (Å²) < 4.78 is 5.07. The minimum absolute atomic E-state index is 0.00815. The molecular formula is C8H11N3O3. The zero-order valence-corrected chi connectivity index (χ0v) is 7.49. The Hall–Kier alpha value is -1.40. The van der Waals surface area contributed by atoms with Crippen LogP contribution in [0.5, 0.6) is 0 Å². The molecule has 1 atom stereocenters. The smallest absolute Gasteiger partial charge is 0.358 e. The zero-order valence-electron chi connectivity index (χ0n) is 7.49. The van der Waals surface area contributed by atoms with E-state index >= 15 is 0 Å². The number of oxazole rings is 1. The number of hydrogen-bond donors (Lipinski definition) is 3. The quantitative estimate of drug-likeness (QED) is 0.598. The molecule has 0 amide bonds. The lowest BCUT2D eigenvalue weighted by Gasteiger charge is -2.22. The highest BCUT2D eigenvalue weighted by molar-refractivity contribution is 5.86. The van der Waals surface area contributed by atoms with Crippen LogP contribution in [0.15, 0.2) is 10.8 Å². The number of rotatable bonds is 2. The fraction of sp³-hybridized carbons (Fsp3) is 0.500. The average Bonchev–Trinajstić information content (AvgIpc) is 2.67. The van der Waals surface area contributed by atoms with Crippen molar-refractivity contribution in [2.45, 2.75) is 6.04 Å². The molecular weight excluding hydrogens is 186 g/mol. The van der Waals surface area contributed by atoms with E-state index < -0.39 is 5.97 Å². The number of carboxylic acid groups (broad SMARTS) is 1. The molecule has 0 radical (unpaired) electrons. The lowest BCUT2D eigenvalue weighted by Crippen LogP contribution is -2.43. The molecule has 0 aliphatic carbocycles. The molecule has 0 spiro atoms. The maximum Gasteiger partial charge on any atom is 0.358 e. The van der Waals surface area contributed by atoms with E-state index in [1.54, 1.807) is 0 Å². The van der Waals surface area contributed by atoms with Gasteiger partial charge in [-0.05, 0) is 0 Å². The van der Waals surface area contributed by atoms with Gasteiger partial charge in [-0.2, -0.15) is 0 Å². The van der Waals surface area contributed by atoms with Crippen molar-refractivity contribution in [3.05, 3.63) is 17.8 Å². The Morgan fingerprint density at radius 1 is 1.64 bits per heavy atom. The number of carboxylic acids is 1. The Balaban J connectivity index is 2.21. The van der Waals surface area contributed by atoms with Crippen molar-refractivity contribution in [3.8, 4) is 0 Å². The Morgan fingerprint density at radius 2 is 2.50 bits per heavy atom. The van der Waals surface area contributed by atoms with E-state index in [-0.39, 0.29) is 11.7 Å². The molecule has 6 nitrogen and oxygen atoms in total. The third-order valence-corrected chi connectivity index (χ3v) is 2.15. The highest BCUT2D eigenvalue weighted by Crippen LogP contribution is 2.17. The van der Waals surface area contributed by atoms with E-state index in [1.807, 2.05) is 0 Å². The normalized spacial score (nSPS) is 22.1. The maximum atomic E-state index is 10.8. The minimum Gasteiger partial charge on any atom is -0.476 e. The molecule has 0 saturated carbocycles. The molecule has 1 aromatic heterocycles. The monoisotopic (exact) mass is 197 g/mol. The topological polar surface area (TPSA) is 87.4 Å². The largest absolute Gasteiger partial charge is 0.476 e. The van der Waals surface area contributed by atoms with Crippen LogP contribution < -0.4 is 10.6 Å². The summed E-state index contributed by atoms with van der Waals surface area (Å²) in [7, 11) is 0. The molecule has 1 aliphatic rings. The molecule has 0 unspecified atom stereocenters. The minimum atomic E-state index is -1.05. The molecule has 14 heavy (non-hydrogen) atoms. The number of carbonyl (C=O) groups is 1. The molecule has 1 saturated heterocycles. The molecule has 1 fully saturated rings. The SMILES string of the molecule is O=C(O)c1ncoc1[C@H]1CNCCN1. The third kappa shape index (κ3) is 1.61. The van der Waals surface area contributed by atoms with Crippen LogP contribution >= 0.6 is 0 Å². The van der Waals surface area contributed by atoms with E-state index in [0.29, 0.717) is 12.3 Å². The summed E-state index contributed by atoms with van der Waals surface area (Å²) in [5, 5.41) is 15.1. The Bertz CT molecular complexity index is 330. The Kier molecular flexibility index (Phi) is 2.47.